The van der Waals surface area contributed by atoms with Crippen LogP contribution in [0.15, 0.2) is 48.5 Å². The van der Waals surface area contributed by atoms with Crippen molar-refractivity contribution in [2.75, 3.05) is 19.6 Å². The molecule has 144 valence electrons. The number of benzene rings is 2. The van der Waals surface area contributed by atoms with Gasteiger partial charge in [-0.3, -0.25) is 4.90 Å². The lowest BCUT2D eigenvalue weighted by Crippen LogP contribution is -2.38. The highest BCUT2D eigenvalue weighted by Gasteiger charge is 2.33. The lowest BCUT2D eigenvalue weighted by Gasteiger charge is -2.31. The van der Waals surface area contributed by atoms with E-state index in [0.29, 0.717) is 19.6 Å². The van der Waals surface area contributed by atoms with Crippen LogP contribution in [0.25, 0.3) is 11.1 Å². The van der Waals surface area contributed by atoms with E-state index in [1.807, 2.05) is 6.07 Å². The minimum atomic E-state index is -2.48. The van der Waals surface area contributed by atoms with E-state index in [4.69, 9.17) is 5.73 Å². The van der Waals surface area contributed by atoms with Crippen molar-refractivity contribution in [3.8, 4) is 11.1 Å². The lowest BCUT2D eigenvalue weighted by atomic mass is 9.99. The summed E-state index contributed by atoms with van der Waals surface area (Å²) in [5.41, 5.74) is 10.4. The zero-order chi connectivity index (χ0) is 17.0. The third-order valence-electron chi connectivity index (χ3n) is 4.61. The molecule has 0 saturated carbocycles. The van der Waals surface area contributed by atoms with Crippen LogP contribution in [0, 0.1) is 0 Å². The largest absolute Gasteiger partial charge is 0.330 e. The normalized spacial score (nSPS) is 16.4. The maximum atomic E-state index is 13.3. The van der Waals surface area contributed by atoms with Gasteiger partial charge in [0.2, 0.25) is 0 Å². The van der Waals surface area contributed by atoms with Crippen LogP contribution in [0.3, 0.4) is 0 Å². The second-order valence-electron chi connectivity index (χ2n) is 6.57. The number of rotatable bonds is 5. The van der Waals surface area contributed by atoms with Crippen LogP contribution in [0.4, 0.5) is 8.78 Å². The fourth-order valence-electron chi connectivity index (χ4n) is 3.22. The summed E-state index contributed by atoms with van der Waals surface area (Å²) in [6.07, 6.45) is 0.803. The SMILES string of the molecule is Cl.Cl.NCCc1cccc(-c2cccc(CN3CCC(F)(F)CC3)c2)c1. The Hall–Kier alpha value is -1.20. The number of nitrogens with two attached hydrogens (primary N) is 1. The molecule has 3 rings (SSSR count). The Balaban J connectivity index is 0.00000169. The van der Waals surface area contributed by atoms with Crippen molar-refractivity contribution >= 4 is 24.8 Å². The maximum absolute atomic E-state index is 13.3. The second-order valence-corrected chi connectivity index (χ2v) is 6.57. The van der Waals surface area contributed by atoms with Gasteiger partial charge in [0.15, 0.2) is 0 Å². The molecule has 2 aromatic carbocycles. The van der Waals surface area contributed by atoms with Crippen LogP contribution in [-0.2, 0) is 13.0 Å². The first-order valence-electron chi connectivity index (χ1n) is 8.54. The smallest absolute Gasteiger partial charge is 0.250 e. The minimum Gasteiger partial charge on any atom is -0.330 e. The molecule has 26 heavy (non-hydrogen) atoms. The van der Waals surface area contributed by atoms with E-state index in [1.54, 1.807) is 0 Å². The average Bonchev–Trinajstić information content (AvgIpc) is 2.58. The fourth-order valence-corrected chi connectivity index (χ4v) is 3.22. The van der Waals surface area contributed by atoms with Gasteiger partial charge < -0.3 is 5.73 Å². The number of piperidine rings is 1. The molecule has 1 aliphatic rings. The van der Waals surface area contributed by atoms with Crippen LogP contribution in [0.2, 0.25) is 0 Å². The van der Waals surface area contributed by atoms with Gasteiger partial charge in [-0.05, 0) is 41.3 Å². The van der Waals surface area contributed by atoms with Crippen molar-refractivity contribution in [3.63, 3.8) is 0 Å². The highest BCUT2D eigenvalue weighted by molar-refractivity contribution is 5.85. The molecule has 0 aromatic heterocycles. The molecule has 1 fully saturated rings. The highest BCUT2D eigenvalue weighted by atomic mass is 35.5. The number of hydrogen-bond donors (Lipinski definition) is 1. The van der Waals surface area contributed by atoms with Crippen molar-refractivity contribution in [1.29, 1.82) is 0 Å². The Morgan fingerprint density at radius 2 is 1.42 bits per heavy atom. The van der Waals surface area contributed by atoms with Gasteiger partial charge in [-0.1, -0.05) is 42.5 Å². The highest BCUT2D eigenvalue weighted by Crippen LogP contribution is 2.29. The van der Waals surface area contributed by atoms with Gasteiger partial charge in [0.05, 0.1) is 0 Å². The monoisotopic (exact) mass is 402 g/mol. The molecule has 2 aromatic rings. The van der Waals surface area contributed by atoms with Gasteiger partial charge in [0.1, 0.15) is 0 Å². The molecule has 6 heteroatoms. The summed E-state index contributed by atoms with van der Waals surface area (Å²) in [6.45, 7) is 2.29. The molecule has 0 atom stereocenters. The molecule has 0 unspecified atom stereocenters. The van der Waals surface area contributed by atoms with Crippen LogP contribution in [0.1, 0.15) is 24.0 Å². The second kappa shape index (κ2) is 10.2. The predicted molar refractivity (Wildman–Crippen MR) is 109 cm³/mol. The van der Waals surface area contributed by atoms with Crippen LogP contribution >= 0.6 is 24.8 Å². The van der Waals surface area contributed by atoms with Crippen molar-refractivity contribution in [1.82, 2.24) is 4.90 Å². The molecular weight excluding hydrogens is 377 g/mol. The first-order valence-corrected chi connectivity index (χ1v) is 8.54. The summed E-state index contributed by atoms with van der Waals surface area (Å²) in [4.78, 5) is 2.11. The number of nitrogens with zero attached hydrogens (tertiary/aromatic N) is 1. The Labute approximate surface area is 166 Å². The average molecular weight is 403 g/mol. The predicted octanol–water partition coefficient (Wildman–Crippen LogP) is 4.93. The Morgan fingerprint density at radius 3 is 2.00 bits per heavy atom. The zero-order valence-electron chi connectivity index (χ0n) is 14.7. The molecule has 0 bridgehead atoms. The first kappa shape index (κ1) is 22.8. The van der Waals surface area contributed by atoms with E-state index >= 15 is 0 Å². The molecule has 1 saturated heterocycles. The first-order chi connectivity index (χ1) is 11.6. The van der Waals surface area contributed by atoms with Crippen molar-refractivity contribution in [3.05, 3.63) is 59.7 Å². The number of likely N-dealkylation sites (tertiary alicyclic amines) is 1. The molecule has 0 amide bonds. The third-order valence-corrected chi connectivity index (χ3v) is 4.61. The molecule has 1 heterocycles. The van der Waals surface area contributed by atoms with Gasteiger partial charge in [0.25, 0.3) is 5.92 Å². The third kappa shape index (κ3) is 6.20. The van der Waals surface area contributed by atoms with Gasteiger partial charge in [0, 0.05) is 32.5 Å². The summed E-state index contributed by atoms with van der Waals surface area (Å²) in [5.74, 6) is -2.48. The van der Waals surface area contributed by atoms with Crippen LogP contribution in [-0.4, -0.2) is 30.5 Å². The quantitative estimate of drug-likeness (QED) is 0.767. The summed E-state index contributed by atoms with van der Waals surface area (Å²) < 4.78 is 26.5. The molecule has 2 N–H and O–H groups in total. The summed E-state index contributed by atoms with van der Waals surface area (Å²) in [7, 11) is 0. The minimum absolute atomic E-state index is 0. The fraction of sp³-hybridized carbons (Fsp3) is 0.400. The molecule has 0 spiro atoms. The van der Waals surface area contributed by atoms with Crippen LogP contribution < -0.4 is 5.73 Å². The maximum Gasteiger partial charge on any atom is 0.250 e. The van der Waals surface area contributed by atoms with E-state index in [-0.39, 0.29) is 37.7 Å². The summed E-state index contributed by atoms with van der Waals surface area (Å²) in [6, 6.07) is 16.8. The summed E-state index contributed by atoms with van der Waals surface area (Å²) in [5, 5.41) is 0. The Bertz CT molecular complexity index is 685. The number of halogens is 4. The van der Waals surface area contributed by atoms with Gasteiger partial charge in [-0.2, -0.15) is 0 Å². The topological polar surface area (TPSA) is 29.3 Å². The van der Waals surface area contributed by atoms with Gasteiger partial charge in [-0.25, -0.2) is 8.78 Å². The summed E-state index contributed by atoms with van der Waals surface area (Å²) >= 11 is 0. The van der Waals surface area contributed by atoms with Crippen molar-refractivity contribution < 1.29 is 8.78 Å². The van der Waals surface area contributed by atoms with E-state index in [0.717, 1.165) is 18.5 Å². The van der Waals surface area contributed by atoms with E-state index in [9.17, 15) is 8.78 Å². The number of hydrogen-bond acceptors (Lipinski definition) is 2. The van der Waals surface area contributed by atoms with Crippen molar-refractivity contribution in [2.24, 2.45) is 5.73 Å². The Kier molecular flexibility index (Phi) is 8.97. The Morgan fingerprint density at radius 1 is 0.885 bits per heavy atom. The molecule has 0 aliphatic carbocycles. The van der Waals surface area contributed by atoms with E-state index in [1.165, 1.54) is 16.7 Å². The molecule has 2 nitrogen and oxygen atoms in total. The molecule has 0 radical (unpaired) electrons. The molecule has 1 aliphatic heterocycles. The lowest BCUT2D eigenvalue weighted by molar-refractivity contribution is -0.0566. The molecular formula is C20H26Cl2F2N2. The van der Waals surface area contributed by atoms with Crippen LogP contribution in [0.5, 0.6) is 0 Å². The van der Waals surface area contributed by atoms with Gasteiger partial charge >= 0.3 is 0 Å². The zero-order valence-corrected chi connectivity index (χ0v) is 16.3. The van der Waals surface area contributed by atoms with Gasteiger partial charge in [-0.15, -0.1) is 24.8 Å². The van der Waals surface area contributed by atoms with Crippen molar-refractivity contribution in [2.45, 2.75) is 31.7 Å². The number of alkyl halides is 2. The standard InChI is InChI=1S/C20H24F2N2.2ClH/c21-20(22)8-11-24(12-9-20)15-17-4-2-6-19(14-17)18-5-1-3-16(13-18)7-10-23;;/h1-6,13-14H,7-12,15,23H2;2*1H. The van der Waals surface area contributed by atoms with E-state index in [2.05, 4.69) is 47.4 Å². The van der Waals surface area contributed by atoms with E-state index < -0.39 is 5.92 Å².